The van der Waals surface area contributed by atoms with E-state index in [-0.39, 0.29) is 18.2 Å². The maximum Gasteiger partial charge on any atom is 0.340 e. The number of carbonyl (C=O) groups excluding carboxylic acids is 1. The molecule has 3 heterocycles. The maximum atomic E-state index is 13.3. The molecule has 36 heavy (non-hydrogen) atoms. The third-order valence-corrected chi connectivity index (χ3v) is 8.77. The molecule has 7 heteroatoms. The van der Waals surface area contributed by atoms with Crippen molar-refractivity contribution in [1.82, 2.24) is 4.90 Å². The molecule has 0 radical (unpaired) electrons. The molecule has 1 saturated heterocycles. The highest BCUT2D eigenvalue weighted by Gasteiger charge is 2.43. The molecular weight excluding hydrogens is 522 g/mol. The van der Waals surface area contributed by atoms with Crippen LogP contribution in [-0.4, -0.2) is 34.6 Å². The molecule has 2 fully saturated rings. The van der Waals surface area contributed by atoms with E-state index in [9.17, 15) is 14.7 Å². The average molecular weight is 550 g/mol. The fourth-order valence-electron chi connectivity index (χ4n) is 6.03. The summed E-state index contributed by atoms with van der Waals surface area (Å²) in [4.78, 5) is 28.0. The van der Waals surface area contributed by atoms with Crippen molar-refractivity contribution in [2.75, 3.05) is 13.1 Å². The van der Waals surface area contributed by atoms with Crippen LogP contribution in [0.4, 0.5) is 0 Å². The van der Waals surface area contributed by atoms with Crippen molar-refractivity contribution in [3.63, 3.8) is 0 Å². The zero-order chi connectivity index (χ0) is 25.0. The molecule has 4 aromatic rings. The van der Waals surface area contributed by atoms with E-state index < -0.39 is 11.2 Å². The van der Waals surface area contributed by atoms with E-state index >= 15 is 0 Å². The van der Waals surface area contributed by atoms with Gasteiger partial charge < -0.3 is 18.8 Å². The second kappa shape index (κ2) is 8.89. The lowest BCUT2D eigenvalue weighted by atomic mass is 9.71. The van der Waals surface area contributed by atoms with Crippen LogP contribution in [0.1, 0.15) is 43.2 Å². The van der Waals surface area contributed by atoms with Crippen LogP contribution in [0.25, 0.3) is 33.1 Å². The number of aryl methyl sites for hydroxylation is 1. The summed E-state index contributed by atoms with van der Waals surface area (Å²) in [7, 11) is 0. The first-order valence-electron chi connectivity index (χ1n) is 12.6. The smallest absolute Gasteiger partial charge is 0.340 e. The number of likely N-dealkylation sites (tertiary alicyclic amines) is 1. The average Bonchev–Trinajstić information content (AvgIpc) is 3.28. The van der Waals surface area contributed by atoms with E-state index in [1.165, 1.54) is 0 Å². The summed E-state index contributed by atoms with van der Waals surface area (Å²) >= 11 is 3.47. The number of halogens is 1. The van der Waals surface area contributed by atoms with Crippen molar-refractivity contribution in [2.45, 2.75) is 51.0 Å². The number of hydrogen-bond acceptors (Lipinski definition) is 5. The van der Waals surface area contributed by atoms with Crippen LogP contribution in [0.3, 0.4) is 0 Å². The van der Waals surface area contributed by atoms with Gasteiger partial charge in [-0.2, -0.15) is 0 Å². The summed E-state index contributed by atoms with van der Waals surface area (Å²) in [6, 6.07) is 11.7. The normalized spacial score (nSPS) is 22.2. The van der Waals surface area contributed by atoms with Gasteiger partial charge in [0.25, 0.3) is 0 Å². The standard InChI is InChI=1S/C29H28BrNO5/c1-17-21-12-23-24(18-5-7-20(30)8-6-18)16-35-25(23)14-26(21)36-28(33)22(17)13-27(32)31-11-10-29(34)9-3-2-4-19(29)15-31/h5-8,12,14,16,19,34H,2-4,9-11,13,15H2,1H3/t19-,29-/m0/s1. The molecule has 2 aromatic heterocycles. The van der Waals surface area contributed by atoms with Gasteiger partial charge >= 0.3 is 5.63 Å². The Kier molecular flexibility index (Phi) is 5.80. The zero-order valence-electron chi connectivity index (χ0n) is 20.2. The molecule has 186 valence electrons. The van der Waals surface area contributed by atoms with Crippen molar-refractivity contribution >= 4 is 43.8 Å². The first-order valence-corrected chi connectivity index (χ1v) is 13.4. The Balaban J connectivity index is 1.33. The van der Waals surface area contributed by atoms with Crippen LogP contribution in [0.2, 0.25) is 0 Å². The van der Waals surface area contributed by atoms with Crippen LogP contribution in [0.5, 0.6) is 0 Å². The zero-order valence-corrected chi connectivity index (χ0v) is 21.8. The molecule has 6 rings (SSSR count). The van der Waals surface area contributed by atoms with E-state index in [2.05, 4.69) is 15.9 Å². The Bertz CT molecular complexity index is 1540. The van der Waals surface area contributed by atoms with Crippen molar-refractivity contribution in [3.05, 3.63) is 68.7 Å². The quantitative estimate of drug-likeness (QED) is 0.318. The van der Waals surface area contributed by atoms with Crippen LogP contribution in [0, 0.1) is 12.8 Å². The van der Waals surface area contributed by atoms with Crippen LogP contribution < -0.4 is 5.63 Å². The van der Waals surface area contributed by atoms with Crippen LogP contribution in [-0.2, 0) is 11.2 Å². The number of hydrogen-bond donors (Lipinski definition) is 1. The largest absolute Gasteiger partial charge is 0.464 e. The third kappa shape index (κ3) is 3.98. The molecule has 0 bridgehead atoms. The molecule has 1 aliphatic carbocycles. The Hall–Kier alpha value is -2.90. The Morgan fingerprint density at radius 2 is 1.94 bits per heavy atom. The number of aliphatic hydroxyl groups is 1. The first-order chi connectivity index (χ1) is 17.3. The molecule has 1 saturated carbocycles. The van der Waals surface area contributed by atoms with Gasteiger partial charge in [0, 0.05) is 45.9 Å². The van der Waals surface area contributed by atoms with Gasteiger partial charge in [0.05, 0.1) is 23.8 Å². The summed E-state index contributed by atoms with van der Waals surface area (Å²) in [5.41, 5.74) is 3.08. The highest BCUT2D eigenvalue weighted by Crippen LogP contribution is 2.40. The van der Waals surface area contributed by atoms with Crippen molar-refractivity contribution < 1.29 is 18.7 Å². The molecule has 1 aliphatic heterocycles. The second-order valence-corrected chi connectivity index (χ2v) is 11.2. The molecule has 1 N–H and O–H groups in total. The summed E-state index contributed by atoms with van der Waals surface area (Å²) in [5.74, 6) is 0.0294. The van der Waals surface area contributed by atoms with Gasteiger partial charge in [-0.15, -0.1) is 0 Å². The number of piperidine rings is 1. The van der Waals surface area contributed by atoms with E-state index in [1.54, 1.807) is 12.3 Å². The molecule has 1 amide bonds. The SMILES string of the molecule is Cc1c(CC(=O)N2CC[C@@]3(O)CCCC[C@H]3C2)c(=O)oc2cc3occ(-c4ccc(Br)cc4)c3cc12. The van der Waals surface area contributed by atoms with Crippen molar-refractivity contribution in [1.29, 1.82) is 0 Å². The predicted molar refractivity (Wildman–Crippen MR) is 142 cm³/mol. The second-order valence-electron chi connectivity index (χ2n) is 10.3. The molecule has 2 aliphatic rings. The summed E-state index contributed by atoms with van der Waals surface area (Å²) in [5, 5.41) is 12.7. The number of nitrogens with zero attached hydrogens (tertiary/aromatic N) is 1. The van der Waals surface area contributed by atoms with E-state index in [4.69, 9.17) is 8.83 Å². The molecule has 6 nitrogen and oxygen atoms in total. The summed E-state index contributed by atoms with van der Waals surface area (Å²) in [6.07, 6.45) is 6.22. The van der Waals surface area contributed by atoms with Gasteiger partial charge in [-0.1, -0.05) is 40.9 Å². The number of fused-ring (bicyclic) bond motifs is 3. The fourth-order valence-corrected chi connectivity index (χ4v) is 6.29. The van der Waals surface area contributed by atoms with Crippen molar-refractivity contribution in [2.24, 2.45) is 5.92 Å². The van der Waals surface area contributed by atoms with Gasteiger partial charge in [0.1, 0.15) is 11.2 Å². The van der Waals surface area contributed by atoms with Gasteiger partial charge in [-0.25, -0.2) is 4.79 Å². The lowest BCUT2D eigenvalue weighted by Gasteiger charge is -2.47. The van der Waals surface area contributed by atoms with E-state index in [0.717, 1.165) is 57.6 Å². The van der Waals surface area contributed by atoms with Crippen LogP contribution >= 0.6 is 15.9 Å². The number of carbonyl (C=O) groups is 1. The first kappa shape index (κ1) is 23.5. The van der Waals surface area contributed by atoms with Gasteiger partial charge in [-0.05, 0) is 55.5 Å². The maximum absolute atomic E-state index is 13.3. The van der Waals surface area contributed by atoms with Gasteiger partial charge in [0.15, 0.2) is 0 Å². The Labute approximate surface area is 217 Å². The highest BCUT2D eigenvalue weighted by molar-refractivity contribution is 9.10. The topological polar surface area (TPSA) is 83.9 Å². The van der Waals surface area contributed by atoms with Crippen LogP contribution in [0.15, 0.2) is 60.8 Å². The molecule has 0 unspecified atom stereocenters. The molecule has 2 aromatic carbocycles. The Morgan fingerprint density at radius 3 is 2.75 bits per heavy atom. The minimum absolute atomic E-state index is 0.00174. The van der Waals surface area contributed by atoms with E-state index in [1.807, 2.05) is 42.2 Å². The lowest BCUT2D eigenvalue weighted by Crippen LogP contribution is -2.55. The highest BCUT2D eigenvalue weighted by atomic mass is 79.9. The number of furan rings is 1. The van der Waals surface area contributed by atoms with E-state index in [0.29, 0.717) is 36.2 Å². The molecular formula is C29H28BrNO5. The van der Waals surface area contributed by atoms with Gasteiger partial charge in [-0.3, -0.25) is 4.79 Å². The number of rotatable bonds is 3. The fraction of sp³-hybridized carbons (Fsp3) is 0.379. The predicted octanol–water partition coefficient (Wildman–Crippen LogP) is 5.97. The third-order valence-electron chi connectivity index (χ3n) is 8.24. The van der Waals surface area contributed by atoms with Crippen molar-refractivity contribution in [3.8, 4) is 11.1 Å². The number of benzene rings is 2. The minimum Gasteiger partial charge on any atom is -0.464 e. The molecule has 0 spiro atoms. The molecule has 2 atom stereocenters. The Morgan fingerprint density at radius 1 is 1.14 bits per heavy atom. The summed E-state index contributed by atoms with van der Waals surface area (Å²) < 4.78 is 12.5. The summed E-state index contributed by atoms with van der Waals surface area (Å²) in [6.45, 7) is 2.96. The van der Waals surface area contributed by atoms with Gasteiger partial charge in [0.2, 0.25) is 5.91 Å². The minimum atomic E-state index is -0.643. The lowest BCUT2D eigenvalue weighted by molar-refractivity contribution is -0.142. The number of amides is 1. The monoisotopic (exact) mass is 549 g/mol.